The molecular formula is C22H19N3O4. The van der Waals surface area contributed by atoms with E-state index in [1.54, 1.807) is 12.1 Å². The Kier molecular flexibility index (Phi) is 5.11. The van der Waals surface area contributed by atoms with Gasteiger partial charge in [0.1, 0.15) is 12.3 Å². The quantitative estimate of drug-likeness (QED) is 0.657. The summed E-state index contributed by atoms with van der Waals surface area (Å²) in [5, 5.41) is 1.05. The zero-order chi connectivity index (χ0) is 20.2. The second-order valence-electron chi connectivity index (χ2n) is 6.66. The van der Waals surface area contributed by atoms with E-state index in [1.165, 1.54) is 6.26 Å². The van der Waals surface area contributed by atoms with Crippen LogP contribution in [0.1, 0.15) is 22.8 Å². The van der Waals surface area contributed by atoms with Crippen molar-refractivity contribution in [3.8, 4) is 0 Å². The van der Waals surface area contributed by atoms with Crippen LogP contribution in [0.3, 0.4) is 0 Å². The summed E-state index contributed by atoms with van der Waals surface area (Å²) in [5.74, 6) is -0.906. The molecule has 0 saturated carbocycles. The van der Waals surface area contributed by atoms with Gasteiger partial charge in [0.05, 0.1) is 18.7 Å². The minimum atomic E-state index is -0.612. The van der Waals surface area contributed by atoms with Gasteiger partial charge in [-0.05, 0) is 23.3 Å². The molecule has 0 spiro atoms. The number of hydrogen-bond donors (Lipinski definition) is 1. The number of hydrazine groups is 1. The molecule has 1 aliphatic heterocycles. The average Bonchev–Trinajstić information content (AvgIpc) is 3.34. The van der Waals surface area contributed by atoms with Gasteiger partial charge in [-0.2, -0.15) is 0 Å². The number of benzene rings is 2. The zero-order valence-electron chi connectivity index (χ0n) is 15.5. The first-order valence-electron chi connectivity index (χ1n) is 9.18. The van der Waals surface area contributed by atoms with Crippen molar-refractivity contribution in [3.05, 3.63) is 95.9 Å². The molecule has 0 aliphatic carbocycles. The molecule has 0 radical (unpaired) electrons. The van der Waals surface area contributed by atoms with Gasteiger partial charge in [0.15, 0.2) is 0 Å². The molecule has 2 heterocycles. The first kappa shape index (κ1) is 18.5. The summed E-state index contributed by atoms with van der Waals surface area (Å²) in [4.78, 5) is 39.1. The van der Waals surface area contributed by atoms with Crippen LogP contribution in [0.25, 0.3) is 0 Å². The normalized spacial score (nSPS) is 14.0. The van der Waals surface area contributed by atoms with Gasteiger partial charge in [0.2, 0.25) is 0 Å². The van der Waals surface area contributed by atoms with Gasteiger partial charge in [-0.15, -0.1) is 0 Å². The Hall–Kier alpha value is -3.87. The topological polar surface area (TPSA) is 82.9 Å². The molecule has 0 atom stereocenters. The van der Waals surface area contributed by atoms with Crippen molar-refractivity contribution in [1.29, 1.82) is 0 Å². The molecule has 1 saturated heterocycles. The number of carbonyl (C=O) groups excluding carboxylic acids is 3. The highest BCUT2D eigenvalue weighted by Gasteiger charge is 2.38. The molecule has 0 bridgehead atoms. The highest BCUT2D eigenvalue weighted by Crippen LogP contribution is 2.25. The fourth-order valence-electron chi connectivity index (χ4n) is 3.33. The van der Waals surface area contributed by atoms with E-state index in [4.69, 9.17) is 4.42 Å². The lowest BCUT2D eigenvalue weighted by Crippen LogP contribution is -2.46. The first-order valence-corrected chi connectivity index (χ1v) is 9.18. The van der Waals surface area contributed by atoms with E-state index in [0.717, 1.165) is 21.0 Å². The highest BCUT2D eigenvalue weighted by atomic mass is 16.3. The molecule has 1 aromatic heterocycles. The van der Waals surface area contributed by atoms with Crippen LogP contribution in [0.5, 0.6) is 0 Å². The summed E-state index contributed by atoms with van der Waals surface area (Å²) in [6, 6.07) is 21.4. The Morgan fingerprint density at radius 1 is 0.931 bits per heavy atom. The van der Waals surface area contributed by atoms with Crippen LogP contribution in [0, 0.1) is 0 Å². The van der Waals surface area contributed by atoms with E-state index in [1.807, 2.05) is 60.7 Å². The molecule has 3 aromatic rings. The van der Waals surface area contributed by atoms with Crippen LogP contribution in [-0.4, -0.2) is 34.3 Å². The first-order chi connectivity index (χ1) is 14.1. The molecule has 0 unspecified atom stereocenters. The molecule has 7 nitrogen and oxygen atoms in total. The second kappa shape index (κ2) is 8.02. The van der Waals surface area contributed by atoms with Crippen LogP contribution >= 0.6 is 0 Å². The Morgan fingerprint density at radius 3 is 2.10 bits per heavy atom. The number of nitrogens with one attached hydrogen (secondary N) is 1. The number of imide groups is 1. The van der Waals surface area contributed by atoms with E-state index in [0.29, 0.717) is 5.76 Å². The highest BCUT2D eigenvalue weighted by molar-refractivity contribution is 6.03. The number of rotatable bonds is 6. The molecule has 2 aromatic carbocycles. The Morgan fingerprint density at radius 2 is 1.55 bits per heavy atom. The molecule has 1 N–H and O–H groups in total. The monoisotopic (exact) mass is 389 g/mol. The fourth-order valence-corrected chi connectivity index (χ4v) is 3.33. The molecule has 1 aliphatic rings. The predicted octanol–water partition coefficient (Wildman–Crippen LogP) is 2.91. The fraction of sp³-hybridized carbons (Fsp3) is 0.136. The Labute approximate surface area is 167 Å². The van der Waals surface area contributed by atoms with Crippen LogP contribution in [0.15, 0.2) is 83.5 Å². The van der Waals surface area contributed by atoms with Gasteiger partial charge in [0.25, 0.3) is 11.8 Å². The van der Waals surface area contributed by atoms with Gasteiger partial charge in [-0.25, -0.2) is 9.80 Å². The molecule has 1 fully saturated rings. The number of furan rings is 1. The number of urea groups is 1. The molecule has 146 valence electrons. The molecule has 29 heavy (non-hydrogen) atoms. The summed E-state index contributed by atoms with van der Waals surface area (Å²) < 4.78 is 5.21. The SMILES string of the molecule is O=C(NN1CC(=O)N(Cc2ccco2)C1=O)C(c1ccccc1)c1ccccc1. The van der Waals surface area contributed by atoms with E-state index in [9.17, 15) is 14.4 Å². The van der Waals surface area contributed by atoms with E-state index < -0.39 is 17.9 Å². The Bertz CT molecular complexity index is 964. The van der Waals surface area contributed by atoms with Crippen molar-refractivity contribution < 1.29 is 18.8 Å². The zero-order valence-corrected chi connectivity index (χ0v) is 15.5. The van der Waals surface area contributed by atoms with E-state index >= 15 is 0 Å². The van der Waals surface area contributed by atoms with Crippen molar-refractivity contribution in [2.75, 3.05) is 6.54 Å². The maximum absolute atomic E-state index is 13.1. The molecule has 7 heteroatoms. The second-order valence-corrected chi connectivity index (χ2v) is 6.66. The van der Waals surface area contributed by atoms with Crippen LogP contribution in [0.2, 0.25) is 0 Å². The van der Waals surface area contributed by atoms with Crippen molar-refractivity contribution in [2.45, 2.75) is 12.5 Å². The lowest BCUT2D eigenvalue weighted by Gasteiger charge is -2.22. The van der Waals surface area contributed by atoms with Crippen molar-refractivity contribution in [2.24, 2.45) is 0 Å². The van der Waals surface area contributed by atoms with Gasteiger partial charge in [-0.1, -0.05) is 60.7 Å². The maximum Gasteiger partial charge on any atom is 0.346 e. The summed E-state index contributed by atoms with van der Waals surface area (Å²) >= 11 is 0. The molecule has 4 amide bonds. The van der Waals surface area contributed by atoms with Gasteiger partial charge in [-0.3, -0.25) is 19.9 Å². The van der Waals surface area contributed by atoms with Crippen LogP contribution < -0.4 is 5.43 Å². The summed E-state index contributed by atoms with van der Waals surface area (Å²) in [5.41, 5.74) is 4.20. The molecule has 4 rings (SSSR count). The maximum atomic E-state index is 13.1. The van der Waals surface area contributed by atoms with Gasteiger partial charge < -0.3 is 4.42 Å². The van der Waals surface area contributed by atoms with Crippen LogP contribution in [-0.2, 0) is 16.1 Å². The van der Waals surface area contributed by atoms with E-state index in [-0.39, 0.29) is 19.0 Å². The third kappa shape index (κ3) is 3.89. The smallest absolute Gasteiger partial charge is 0.346 e. The third-order valence-corrected chi connectivity index (χ3v) is 4.72. The average molecular weight is 389 g/mol. The Balaban J connectivity index is 1.53. The van der Waals surface area contributed by atoms with Gasteiger partial charge >= 0.3 is 6.03 Å². The van der Waals surface area contributed by atoms with Gasteiger partial charge in [0, 0.05) is 0 Å². The number of amides is 4. The number of nitrogens with zero attached hydrogens (tertiary/aromatic N) is 2. The summed E-state index contributed by atoms with van der Waals surface area (Å²) in [6.07, 6.45) is 1.48. The third-order valence-electron chi connectivity index (χ3n) is 4.72. The lowest BCUT2D eigenvalue weighted by molar-refractivity contribution is -0.127. The standard InChI is InChI=1S/C22H19N3O4/c26-19-15-25(22(28)24(19)14-18-12-7-13-29-18)23-21(27)20(16-8-3-1-4-9-16)17-10-5-2-6-11-17/h1-13,20H,14-15H2,(H,23,27). The number of carbonyl (C=O) groups is 3. The lowest BCUT2D eigenvalue weighted by atomic mass is 9.91. The van der Waals surface area contributed by atoms with Crippen molar-refractivity contribution in [1.82, 2.24) is 15.3 Å². The van der Waals surface area contributed by atoms with Crippen LogP contribution in [0.4, 0.5) is 4.79 Å². The van der Waals surface area contributed by atoms with E-state index in [2.05, 4.69) is 5.43 Å². The minimum absolute atomic E-state index is 0.0256. The number of hydrogen-bond acceptors (Lipinski definition) is 4. The summed E-state index contributed by atoms with van der Waals surface area (Å²) in [6.45, 7) is -0.195. The van der Waals surface area contributed by atoms with Crippen molar-refractivity contribution >= 4 is 17.8 Å². The van der Waals surface area contributed by atoms with Crippen molar-refractivity contribution in [3.63, 3.8) is 0 Å². The molecular weight excluding hydrogens is 370 g/mol. The predicted molar refractivity (Wildman–Crippen MR) is 104 cm³/mol. The summed E-state index contributed by atoms with van der Waals surface area (Å²) in [7, 11) is 0. The largest absolute Gasteiger partial charge is 0.467 e. The minimum Gasteiger partial charge on any atom is -0.467 e.